The zero-order valence-electron chi connectivity index (χ0n) is 22.7. The molecule has 2 aliphatic rings. The maximum Gasteiger partial charge on any atom is 0.302 e. The molecule has 2 aromatic heterocycles. The highest BCUT2D eigenvalue weighted by Gasteiger charge is 2.39. The maximum atomic E-state index is 14.2. The van der Waals surface area contributed by atoms with E-state index in [1.54, 1.807) is 4.90 Å². The summed E-state index contributed by atoms with van der Waals surface area (Å²) in [6, 6.07) is 9.58. The molecule has 0 amide bonds. The molecule has 1 saturated heterocycles. The summed E-state index contributed by atoms with van der Waals surface area (Å²) in [7, 11) is 0. The third-order valence-electron chi connectivity index (χ3n) is 8.23. The van der Waals surface area contributed by atoms with Gasteiger partial charge in [-0.25, -0.2) is 13.8 Å². The van der Waals surface area contributed by atoms with Crippen LogP contribution in [0.2, 0.25) is 0 Å². The highest BCUT2D eigenvalue weighted by Crippen LogP contribution is 2.43. The van der Waals surface area contributed by atoms with Crippen LogP contribution in [-0.2, 0) is 9.53 Å². The van der Waals surface area contributed by atoms with Crippen LogP contribution in [0.3, 0.4) is 0 Å². The lowest BCUT2D eigenvalue weighted by atomic mass is 9.92. The van der Waals surface area contributed by atoms with E-state index in [0.717, 1.165) is 77.3 Å². The van der Waals surface area contributed by atoms with E-state index < -0.39 is 17.9 Å². The number of imidazole rings is 1. The molecule has 10 heteroatoms. The molecule has 40 heavy (non-hydrogen) atoms. The van der Waals surface area contributed by atoms with E-state index in [1.165, 1.54) is 13.0 Å². The normalized spacial score (nSPS) is 23.2. The fourth-order valence-electron chi connectivity index (χ4n) is 6.49. The number of benzene rings is 2. The Hall–Kier alpha value is -3.79. The van der Waals surface area contributed by atoms with Gasteiger partial charge in [0.05, 0.1) is 22.8 Å². The first kappa shape index (κ1) is 26.4. The average molecular weight is 551 g/mol. The number of aliphatic hydroxyl groups excluding tert-OH is 1. The summed E-state index contributed by atoms with van der Waals surface area (Å²) in [5, 5.41) is 15.1. The van der Waals surface area contributed by atoms with E-state index in [4.69, 9.17) is 14.2 Å². The van der Waals surface area contributed by atoms with Crippen LogP contribution in [0.4, 0.5) is 14.5 Å². The van der Waals surface area contributed by atoms with Crippen molar-refractivity contribution >= 4 is 22.7 Å². The highest BCUT2D eigenvalue weighted by molar-refractivity contribution is 5.84. The van der Waals surface area contributed by atoms with Crippen molar-refractivity contribution in [3.05, 3.63) is 65.3 Å². The number of aryl methyl sites for hydroxylation is 2. The van der Waals surface area contributed by atoms with E-state index in [2.05, 4.69) is 15.8 Å². The van der Waals surface area contributed by atoms with Crippen molar-refractivity contribution in [3.8, 4) is 11.1 Å². The number of carbonyl (C=O) groups is 1. The quantitative estimate of drug-likeness (QED) is 0.292. The van der Waals surface area contributed by atoms with Gasteiger partial charge in [0.2, 0.25) is 0 Å². The third-order valence-corrected chi connectivity index (χ3v) is 8.23. The molecule has 3 heterocycles. The molecule has 6 rings (SSSR count). The molecule has 0 bridgehead atoms. The number of hydrogen-bond donors (Lipinski definition) is 1. The Kier molecular flexibility index (Phi) is 6.82. The highest BCUT2D eigenvalue weighted by atomic mass is 19.2. The topological polar surface area (TPSA) is 93.6 Å². The van der Waals surface area contributed by atoms with Gasteiger partial charge in [0.15, 0.2) is 11.6 Å². The minimum atomic E-state index is -0.961. The Morgan fingerprint density at radius 3 is 2.48 bits per heavy atom. The molecule has 0 spiro atoms. The van der Waals surface area contributed by atoms with Gasteiger partial charge in [0.1, 0.15) is 23.9 Å². The number of esters is 1. The number of carbonyl (C=O) groups excluding carboxylic acids is 1. The van der Waals surface area contributed by atoms with E-state index in [9.17, 15) is 18.7 Å². The Morgan fingerprint density at radius 1 is 1.02 bits per heavy atom. The molecule has 4 aromatic rings. The fraction of sp³-hybridized carbons (Fsp3) is 0.433. The first-order valence-electron chi connectivity index (χ1n) is 13.7. The van der Waals surface area contributed by atoms with Gasteiger partial charge in [-0.15, -0.1) is 0 Å². The number of nitrogens with zero attached hydrogens (tertiary/aromatic N) is 4. The molecule has 1 unspecified atom stereocenters. The van der Waals surface area contributed by atoms with Crippen molar-refractivity contribution in [2.75, 3.05) is 4.90 Å². The molecule has 1 aliphatic carbocycles. The molecule has 1 N–H and O–H groups in total. The van der Waals surface area contributed by atoms with Gasteiger partial charge in [0.25, 0.3) is 0 Å². The van der Waals surface area contributed by atoms with Crippen LogP contribution in [0.15, 0.2) is 40.9 Å². The van der Waals surface area contributed by atoms with Gasteiger partial charge in [-0.05, 0) is 82.2 Å². The van der Waals surface area contributed by atoms with Crippen molar-refractivity contribution in [3.63, 3.8) is 0 Å². The lowest BCUT2D eigenvalue weighted by Gasteiger charge is -2.34. The van der Waals surface area contributed by atoms with Crippen LogP contribution in [-0.4, -0.2) is 38.1 Å². The van der Waals surface area contributed by atoms with E-state index >= 15 is 0 Å². The Labute approximate surface area is 230 Å². The zero-order valence-corrected chi connectivity index (χ0v) is 22.7. The molecule has 210 valence electrons. The molecule has 0 radical (unpaired) electrons. The maximum absolute atomic E-state index is 14.2. The molecular formula is C30H32F2N4O4. The summed E-state index contributed by atoms with van der Waals surface area (Å²) in [4.78, 5) is 18.4. The number of rotatable bonds is 5. The largest absolute Gasteiger partial charge is 0.463 e. The molecular weight excluding hydrogens is 518 g/mol. The number of aliphatic hydroxyl groups is 1. The van der Waals surface area contributed by atoms with Crippen molar-refractivity contribution in [1.82, 2.24) is 14.7 Å². The first-order chi connectivity index (χ1) is 19.2. The van der Waals surface area contributed by atoms with Crippen LogP contribution in [0.5, 0.6) is 0 Å². The predicted octanol–water partition coefficient (Wildman–Crippen LogP) is 6.29. The van der Waals surface area contributed by atoms with Crippen LogP contribution < -0.4 is 4.90 Å². The fourth-order valence-corrected chi connectivity index (χ4v) is 6.49. The van der Waals surface area contributed by atoms with Crippen LogP contribution in [0.25, 0.3) is 22.2 Å². The monoisotopic (exact) mass is 550 g/mol. The summed E-state index contributed by atoms with van der Waals surface area (Å²) in [6.45, 7) is 5.22. The SMILES string of the molecule is CC(=O)O[C@H]1CC[C@@H](n2c([C@@H]3CCC(O)N3c3ccc(F)c(F)c3)nc3cc(-c4c(C)noc4C)ccc32)CC1. The second kappa shape index (κ2) is 10.3. The molecule has 1 saturated carbocycles. The van der Waals surface area contributed by atoms with E-state index in [0.29, 0.717) is 18.5 Å². The molecule has 2 fully saturated rings. The second-order valence-electron chi connectivity index (χ2n) is 10.9. The average Bonchev–Trinajstić information content (AvgIpc) is 3.59. The first-order valence-corrected chi connectivity index (χ1v) is 13.7. The summed E-state index contributed by atoms with van der Waals surface area (Å²) in [5.74, 6) is -0.674. The van der Waals surface area contributed by atoms with Gasteiger partial charge in [0, 0.05) is 30.3 Å². The number of anilines is 1. The number of aromatic nitrogens is 3. The van der Waals surface area contributed by atoms with Crippen molar-refractivity contribution in [2.45, 2.75) is 83.7 Å². The molecule has 8 nitrogen and oxygen atoms in total. The van der Waals surface area contributed by atoms with Crippen LogP contribution >= 0.6 is 0 Å². The summed E-state index contributed by atoms with van der Waals surface area (Å²) >= 11 is 0. The van der Waals surface area contributed by atoms with E-state index in [-0.39, 0.29) is 24.2 Å². The van der Waals surface area contributed by atoms with Gasteiger partial charge < -0.3 is 23.8 Å². The second-order valence-corrected chi connectivity index (χ2v) is 10.9. The smallest absolute Gasteiger partial charge is 0.302 e. The number of ether oxygens (including phenoxy) is 1. The lowest BCUT2D eigenvalue weighted by Crippen LogP contribution is -2.34. The van der Waals surface area contributed by atoms with Crippen molar-refractivity contribution in [1.29, 1.82) is 0 Å². The number of hydrogen-bond acceptors (Lipinski definition) is 7. The van der Waals surface area contributed by atoms with Gasteiger partial charge in [-0.2, -0.15) is 0 Å². The minimum Gasteiger partial charge on any atom is -0.463 e. The van der Waals surface area contributed by atoms with Crippen LogP contribution in [0, 0.1) is 25.5 Å². The number of halogens is 2. The predicted molar refractivity (Wildman–Crippen MR) is 145 cm³/mol. The van der Waals surface area contributed by atoms with Gasteiger partial charge in [-0.3, -0.25) is 4.79 Å². The summed E-state index contributed by atoms with van der Waals surface area (Å²) < 4.78 is 41.1. The van der Waals surface area contributed by atoms with Crippen molar-refractivity contribution in [2.24, 2.45) is 0 Å². The zero-order chi connectivity index (χ0) is 28.1. The van der Waals surface area contributed by atoms with Crippen LogP contribution in [0.1, 0.15) is 74.8 Å². The molecule has 2 atom stereocenters. The lowest BCUT2D eigenvalue weighted by molar-refractivity contribution is -0.148. The molecule has 2 aromatic carbocycles. The summed E-state index contributed by atoms with van der Waals surface area (Å²) in [5.41, 5.74) is 4.82. The Balaban J connectivity index is 1.45. The standard InChI is InChI=1S/C30H32F2N4O4/c1-16-29(17(2)40-34-16)19-4-11-26-25(14-19)33-30(36(26)20-5-8-22(9-6-20)39-18(3)37)27-12-13-28(38)35(27)21-7-10-23(31)24(32)15-21/h4,7,10-11,14-15,20,22,27-28,38H,5-6,8-9,12-13H2,1-3H3/t20-,22+,27-,28?/m0/s1. The third kappa shape index (κ3) is 4.64. The minimum absolute atomic E-state index is 0.0984. The summed E-state index contributed by atoms with van der Waals surface area (Å²) in [6.07, 6.45) is 3.16. The van der Waals surface area contributed by atoms with E-state index in [1.807, 2.05) is 26.0 Å². The number of fused-ring (bicyclic) bond motifs is 1. The van der Waals surface area contributed by atoms with Gasteiger partial charge >= 0.3 is 5.97 Å². The molecule has 1 aliphatic heterocycles. The Morgan fingerprint density at radius 2 is 1.80 bits per heavy atom. The van der Waals surface area contributed by atoms with Crippen molar-refractivity contribution < 1.29 is 27.9 Å². The Bertz CT molecular complexity index is 1550. The van der Waals surface area contributed by atoms with Gasteiger partial charge in [-0.1, -0.05) is 11.2 Å².